The van der Waals surface area contributed by atoms with Crippen LogP contribution in [0.25, 0.3) is 0 Å². The van der Waals surface area contributed by atoms with E-state index in [-0.39, 0.29) is 24.1 Å². The van der Waals surface area contributed by atoms with Gasteiger partial charge in [0.05, 0.1) is 11.6 Å². The summed E-state index contributed by atoms with van der Waals surface area (Å²) in [5.41, 5.74) is 5.54. The number of fused-ring (bicyclic) bond motifs is 2. The van der Waals surface area contributed by atoms with E-state index in [0.717, 1.165) is 44.9 Å². The van der Waals surface area contributed by atoms with E-state index in [0.29, 0.717) is 0 Å². The molecule has 1 aliphatic carbocycles. The lowest BCUT2D eigenvalue weighted by Gasteiger charge is -2.45. The van der Waals surface area contributed by atoms with Crippen LogP contribution in [-0.4, -0.2) is 39.6 Å². The van der Waals surface area contributed by atoms with Crippen LogP contribution in [0.15, 0.2) is 0 Å². The highest BCUT2D eigenvalue weighted by atomic mass is 16.3. The van der Waals surface area contributed by atoms with Crippen LogP contribution in [-0.2, 0) is 4.79 Å². The second-order valence-corrected chi connectivity index (χ2v) is 5.73. The zero-order chi connectivity index (χ0) is 11.3. The van der Waals surface area contributed by atoms with Crippen LogP contribution < -0.4 is 5.73 Å². The SMILES string of the molecule is NC1(C(=O)N2C3CCC2CC(O)C3)CCC1. The van der Waals surface area contributed by atoms with Gasteiger partial charge in [0.2, 0.25) is 5.91 Å². The fourth-order valence-corrected chi connectivity index (χ4v) is 3.51. The minimum absolute atomic E-state index is 0.151. The molecule has 2 aliphatic heterocycles. The fraction of sp³-hybridized carbons (Fsp3) is 0.917. The number of amides is 1. The van der Waals surface area contributed by atoms with Crippen molar-refractivity contribution in [2.75, 3.05) is 0 Å². The smallest absolute Gasteiger partial charge is 0.243 e. The lowest BCUT2D eigenvalue weighted by Crippen LogP contribution is -2.63. The van der Waals surface area contributed by atoms with Crippen LogP contribution in [0.1, 0.15) is 44.9 Å². The molecule has 3 rings (SSSR count). The van der Waals surface area contributed by atoms with Crippen LogP contribution in [0.4, 0.5) is 0 Å². The molecule has 4 nitrogen and oxygen atoms in total. The van der Waals surface area contributed by atoms with E-state index in [1.165, 1.54) is 0 Å². The predicted molar refractivity (Wildman–Crippen MR) is 59.7 cm³/mol. The summed E-state index contributed by atoms with van der Waals surface area (Å²) < 4.78 is 0. The zero-order valence-corrected chi connectivity index (χ0v) is 9.56. The molecular weight excluding hydrogens is 204 g/mol. The Kier molecular flexibility index (Phi) is 2.27. The average molecular weight is 224 g/mol. The van der Waals surface area contributed by atoms with Crippen molar-refractivity contribution in [3.63, 3.8) is 0 Å². The van der Waals surface area contributed by atoms with Crippen molar-refractivity contribution in [2.45, 2.75) is 68.7 Å². The Labute approximate surface area is 95.8 Å². The highest BCUT2D eigenvalue weighted by Gasteiger charge is 2.50. The summed E-state index contributed by atoms with van der Waals surface area (Å²) in [4.78, 5) is 14.4. The Morgan fingerprint density at radius 3 is 2.25 bits per heavy atom. The first-order valence-corrected chi connectivity index (χ1v) is 6.40. The largest absolute Gasteiger partial charge is 0.393 e. The van der Waals surface area contributed by atoms with Crippen molar-refractivity contribution in [2.24, 2.45) is 5.73 Å². The molecule has 2 atom stereocenters. The van der Waals surface area contributed by atoms with Crippen molar-refractivity contribution in [1.29, 1.82) is 0 Å². The number of hydrogen-bond acceptors (Lipinski definition) is 3. The molecule has 2 saturated heterocycles. The fourth-order valence-electron chi connectivity index (χ4n) is 3.51. The normalized spacial score (nSPS) is 40.6. The second-order valence-electron chi connectivity index (χ2n) is 5.73. The first kappa shape index (κ1) is 10.5. The van der Waals surface area contributed by atoms with Crippen LogP contribution in [0.2, 0.25) is 0 Å². The standard InChI is InChI=1S/C12H20N2O2/c13-12(4-1-5-12)11(16)14-8-2-3-9(14)7-10(15)6-8/h8-10,15H,1-7,13H2. The van der Waals surface area contributed by atoms with Gasteiger partial charge in [-0.05, 0) is 44.9 Å². The van der Waals surface area contributed by atoms with E-state index in [4.69, 9.17) is 5.73 Å². The molecule has 2 unspecified atom stereocenters. The molecule has 1 amide bonds. The molecule has 0 aromatic carbocycles. The Bertz CT molecular complexity index is 300. The van der Waals surface area contributed by atoms with Gasteiger partial charge in [-0.3, -0.25) is 4.79 Å². The van der Waals surface area contributed by atoms with Gasteiger partial charge in [0.15, 0.2) is 0 Å². The van der Waals surface area contributed by atoms with E-state index in [1.54, 1.807) is 0 Å². The number of carbonyl (C=O) groups excluding carboxylic acids is 1. The second kappa shape index (κ2) is 3.44. The molecule has 2 bridgehead atoms. The maximum Gasteiger partial charge on any atom is 0.243 e. The molecule has 16 heavy (non-hydrogen) atoms. The van der Waals surface area contributed by atoms with Crippen molar-refractivity contribution in [3.05, 3.63) is 0 Å². The van der Waals surface area contributed by atoms with Gasteiger partial charge in [-0.15, -0.1) is 0 Å². The third kappa shape index (κ3) is 1.39. The first-order valence-electron chi connectivity index (χ1n) is 6.40. The van der Waals surface area contributed by atoms with Crippen molar-refractivity contribution >= 4 is 5.91 Å². The summed E-state index contributed by atoms with van der Waals surface area (Å²) in [5, 5.41) is 9.69. The molecule has 0 aromatic heterocycles. The topological polar surface area (TPSA) is 66.6 Å². The lowest BCUT2D eigenvalue weighted by molar-refractivity contribution is -0.146. The van der Waals surface area contributed by atoms with Gasteiger partial charge < -0.3 is 15.7 Å². The van der Waals surface area contributed by atoms with E-state index >= 15 is 0 Å². The molecule has 3 N–H and O–H groups in total. The number of nitrogens with two attached hydrogens (primary N) is 1. The maximum atomic E-state index is 12.4. The molecule has 4 heteroatoms. The van der Waals surface area contributed by atoms with Crippen LogP contribution in [0, 0.1) is 0 Å². The minimum atomic E-state index is -0.566. The molecule has 3 fully saturated rings. The molecule has 0 spiro atoms. The summed E-state index contributed by atoms with van der Waals surface area (Å²) >= 11 is 0. The Morgan fingerprint density at radius 2 is 1.81 bits per heavy atom. The number of carbonyl (C=O) groups is 1. The first-order chi connectivity index (χ1) is 7.60. The Balaban J connectivity index is 1.78. The van der Waals surface area contributed by atoms with Crippen LogP contribution >= 0.6 is 0 Å². The highest BCUT2D eigenvalue weighted by molar-refractivity contribution is 5.88. The monoisotopic (exact) mass is 224 g/mol. The van der Waals surface area contributed by atoms with Gasteiger partial charge >= 0.3 is 0 Å². The van der Waals surface area contributed by atoms with Gasteiger partial charge in [-0.2, -0.15) is 0 Å². The number of aliphatic hydroxyl groups is 1. The summed E-state index contributed by atoms with van der Waals surface area (Å²) in [6, 6.07) is 0.504. The van der Waals surface area contributed by atoms with Gasteiger partial charge in [-0.25, -0.2) is 0 Å². The third-order valence-electron chi connectivity index (χ3n) is 4.61. The molecular formula is C12H20N2O2. The average Bonchev–Trinajstić information content (AvgIpc) is 2.46. The van der Waals surface area contributed by atoms with E-state index in [1.807, 2.05) is 4.90 Å². The van der Waals surface area contributed by atoms with E-state index in [2.05, 4.69) is 0 Å². The molecule has 1 saturated carbocycles. The molecule has 2 heterocycles. The van der Waals surface area contributed by atoms with Gasteiger partial charge in [0.1, 0.15) is 0 Å². The number of piperidine rings is 1. The molecule has 90 valence electrons. The lowest BCUT2D eigenvalue weighted by atomic mass is 9.76. The zero-order valence-electron chi connectivity index (χ0n) is 9.56. The third-order valence-corrected chi connectivity index (χ3v) is 4.61. The predicted octanol–water partition coefficient (Wildman–Crippen LogP) is 0.382. The van der Waals surface area contributed by atoms with Crippen LogP contribution in [0.5, 0.6) is 0 Å². The molecule has 0 radical (unpaired) electrons. The van der Waals surface area contributed by atoms with E-state index in [9.17, 15) is 9.90 Å². The van der Waals surface area contributed by atoms with Gasteiger partial charge in [0.25, 0.3) is 0 Å². The Hall–Kier alpha value is -0.610. The van der Waals surface area contributed by atoms with Gasteiger partial charge in [0, 0.05) is 12.1 Å². The number of aliphatic hydroxyl groups excluding tert-OH is 1. The number of rotatable bonds is 1. The van der Waals surface area contributed by atoms with Gasteiger partial charge in [-0.1, -0.05) is 0 Å². The quantitative estimate of drug-likeness (QED) is 0.677. The maximum absolute atomic E-state index is 12.4. The van der Waals surface area contributed by atoms with E-state index < -0.39 is 5.54 Å². The minimum Gasteiger partial charge on any atom is -0.393 e. The molecule has 0 aromatic rings. The van der Waals surface area contributed by atoms with Crippen molar-refractivity contribution < 1.29 is 9.90 Å². The summed E-state index contributed by atoms with van der Waals surface area (Å²) in [6.45, 7) is 0. The highest BCUT2D eigenvalue weighted by Crippen LogP contribution is 2.40. The number of hydrogen-bond donors (Lipinski definition) is 2. The van der Waals surface area contributed by atoms with Crippen molar-refractivity contribution in [3.8, 4) is 0 Å². The summed E-state index contributed by atoms with van der Waals surface area (Å²) in [7, 11) is 0. The van der Waals surface area contributed by atoms with Crippen molar-refractivity contribution in [1.82, 2.24) is 4.90 Å². The molecule has 3 aliphatic rings. The number of nitrogens with zero attached hydrogens (tertiary/aromatic N) is 1. The Morgan fingerprint density at radius 1 is 1.25 bits per heavy atom. The summed E-state index contributed by atoms with van der Waals surface area (Å²) in [5.74, 6) is 0.151. The summed E-state index contributed by atoms with van der Waals surface area (Å²) in [6.07, 6.45) is 6.13. The van der Waals surface area contributed by atoms with Crippen LogP contribution in [0.3, 0.4) is 0 Å².